The highest BCUT2D eigenvalue weighted by Gasteiger charge is 2.12. The maximum atomic E-state index is 9.27. The molecular weight excluding hydrogens is 254 g/mol. The Kier molecular flexibility index (Phi) is 4.48. The Labute approximate surface area is 118 Å². The fourth-order valence-electron chi connectivity index (χ4n) is 1.87. The Hall–Kier alpha value is -1.92. The summed E-state index contributed by atoms with van der Waals surface area (Å²) in [6.45, 7) is 1.99. The molecular formula is C16H15NOS. The SMILES string of the molecule is CSc1cccc(OC(C)c2ccccc2)c1C#N. The van der Waals surface area contributed by atoms with Gasteiger partial charge in [-0.3, -0.25) is 0 Å². The van der Waals surface area contributed by atoms with E-state index in [1.807, 2.05) is 61.7 Å². The number of nitriles is 1. The summed E-state index contributed by atoms with van der Waals surface area (Å²) in [4.78, 5) is 0.945. The van der Waals surface area contributed by atoms with E-state index in [1.165, 1.54) is 0 Å². The van der Waals surface area contributed by atoms with Gasteiger partial charge in [0.1, 0.15) is 23.5 Å². The topological polar surface area (TPSA) is 33.0 Å². The standard InChI is InChI=1S/C16H15NOS/c1-12(13-7-4-3-5-8-13)18-15-9-6-10-16(19-2)14(15)11-17/h3-10,12H,1-2H3. The fraction of sp³-hybridized carbons (Fsp3) is 0.188. The first-order valence-electron chi connectivity index (χ1n) is 6.05. The predicted molar refractivity (Wildman–Crippen MR) is 78.4 cm³/mol. The Bertz CT molecular complexity index is 589. The molecule has 0 radical (unpaired) electrons. The summed E-state index contributed by atoms with van der Waals surface area (Å²) >= 11 is 1.55. The Balaban J connectivity index is 2.27. The molecule has 2 nitrogen and oxygen atoms in total. The van der Waals surface area contributed by atoms with Gasteiger partial charge in [0.15, 0.2) is 0 Å². The van der Waals surface area contributed by atoms with Crippen LogP contribution >= 0.6 is 11.8 Å². The van der Waals surface area contributed by atoms with Gasteiger partial charge >= 0.3 is 0 Å². The molecule has 0 amide bonds. The number of hydrogen-bond donors (Lipinski definition) is 0. The van der Waals surface area contributed by atoms with E-state index in [0.717, 1.165) is 10.5 Å². The van der Waals surface area contributed by atoms with Gasteiger partial charge in [-0.25, -0.2) is 0 Å². The quantitative estimate of drug-likeness (QED) is 0.770. The van der Waals surface area contributed by atoms with Crippen LogP contribution in [0.15, 0.2) is 53.4 Å². The van der Waals surface area contributed by atoms with Crippen LogP contribution in [0.25, 0.3) is 0 Å². The molecule has 0 bridgehead atoms. The van der Waals surface area contributed by atoms with Crippen molar-refractivity contribution in [3.63, 3.8) is 0 Å². The molecule has 0 saturated carbocycles. The molecule has 1 unspecified atom stereocenters. The second-order valence-electron chi connectivity index (χ2n) is 4.12. The smallest absolute Gasteiger partial charge is 0.139 e. The van der Waals surface area contributed by atoms with Crippen LogP contribution in [0.5, 0.6) is 5.75 Å². The molecule has 0 aliphatic heterocycles. The summed E-state index contributed by atoms with van der Waals surface area (Å²) in [5, 5.41) is 9.27. The van der Waals surface area contributed by atoms with Gasteiger partial charge in [-0.2, -0.15) is 5.26 Å². The average Bonchev–Trinajstić information content (AvgIpc) is 2.47. The summed E-state index contributed by atoms with van der Waals surface area (Å²) in [5.41, 5.74) is 1.71. The van der Waals surface area contributed by atoms with Gasteiger partial charge in [0.05, 0.1) is 0 Å². The fourth-order valence-corrected chi connectivity index (χ4v) is 2.44. The lowest BCUT2D eigenvalue weighted by molar-refractivity contribution is 0.225. The molecule has 0 aliphatic rings. The Morgan fingerprint density at radius 1 is 1.11 bits per heavy atom. The Morgan fingerprint density at radius 3 is 2.47 bits per heavy atom. The highest BCUT2D eigenvalue weighted by Crippen LogP contribution is 2.31. The van der Waals surface area contributed by atoms with Crippen molar-refractivity contribution in [2.45, 2.75) is 17.9 Å². The summed E-state index contributed by atoms with van der Waals surface area (Å²) in [6.07, 6.45) is 1.88. The van der Waals surface area contributed by atoms with Crippen molar-refractivity contribution in [1.29, 1.82) is 5.26 Å². The van der Waals surface area contributed by atoms with E-state index in [0.29, 0.717) is 11.3 Å². The molecule has 0 aliphatic carbocycles. The van der Waals surface area contributed by atoms with E-state index in [-0.39, 0.29) is 6.10 Å². The van der Waals surface area contributed by atoms with Crippen LogP contribution < -0.4 is 4.74 Å². The van der Waals surface area contributed by atoms with Gasteiger partial charge in [-0.1, -0.05) is 36.4 Å². The maximum Gasteiger partial charge on any atom is 0.139 e. The molecule has 2 aromatic carbocycles. The summed E-state index contributed by atoms with van der Waals surface area (Å²) in [7, 11) is 0. The monoisotopic (exact) mass is 269 g/mol. The number of benzene rings is 2. The summed E-state index contributed by atoms with van der Waals surface area (Å²) in [5.74, 6) is 0.644. The van der Waals surface area contributed by atoms with Crippen molar-refractivity contribution in [3.8, 4) is 11.8 Å². The van der Waals surface area contributed by atoms with Crippen LogP contribution in [-0.4, -0.2) is 6.26 Å². The first kappa shape index (κ1) is 13.5. The predicted octanol–water partition coefficient (Wildman–Crippen LogP) is 4.42. The molecule has 2 rings (SSSR count). The first-order valence-corrected chi connectivity index (χ1v) is 7.27. The van der Waals surface area contributed by atoms with Gasteiger partial charge in [0.25, 0.3) is 0 Å². The lowest BCUT2D eigenvalue weighted by Crippen LogP contribution is -2.04. The molecule has 3 heteroatoms. The number of nitrogens with zero attached hydrogens (tertiary/aromatic N) is 1. The second-order valence-corrected chi connectivity index (χ2v) is 4.96. The lowest BCUT2D eigenvalue weighted by Gasteiger charge is -2.16. The maximum absolute atomic E-state index is 9.27. The van der Waals surface area contributed by atoms with Gasteiger partial charge in [0.2, 0.25) is 0 Å². The normalized spacial score (nSPS) is 11.6. The second kappa shape index (κ2) is 6.31. The van der Waals surface area contributed by atoms with E-state index in [1.54, 1.807) is 11.8 Å². The van der Waals surface area contributed by atoms with Gasteiger partial charge in [-0.05, 0) is 30.9 Å². The van der Waals surface area contributed by atoms with Gasteiger partial charge in [0, 0.05) is 4.90 Å². The van der Waals surface area contributed by atoms with E-state index in [9.17, 15) is 5.26 Å². The molecule has 0 saturated heterocycles. The van der Waals surface area contributed by atoms with Crippen molar-refractivity contribution < 1.29 is 4.74 Å². The minimum Gasteiger partial charge on any atom is -0.485 e. The van der Waals surface area contributed by atoms with E-state index in [2.05, 4.69) is 6.07 Å². The third kappa shape index (κ3) is 3.10. The zero-order valence-corrected chi connectivity index (χ0v) is 11.8. The third-order valence-electron chi connectivity index (χ3n) is 2.89. The molecule has 19 heavy (non-hydrogen) atoms. The summed E-state index contributed by atoms with van der Waals surface area (Å²) in [6, 6.07) is 17.9. The minimum absolute atomic E-state index is 0.0783. The van der Waals surface area contributed by atoms with Crippen molar-refractivity contribution in [3.05, 3.63) is 59.7 Å². The molecule has 0 fully saturated rings. The van der Waals surface area contributed by atoms with Crippen molar-refractivity contribution in [2.24, 2.45) is 0 Å². The lowest BCUT2D eigenvalue weighted by atomic mass is 10.1. The number of hydrogen-bond acceptors (Lipinski definition) is 3. The van der Waals surface area contributed by atoms with E-state index >= 15 is 0 Å². The zero-order valence-electron chi connectivity index (χ0n) is 11.0. The van der Waals surface area contributed by atoms with Gasteiger partial charge in [-0.15, -0.1) is 11.8 Å². The largest absolute Gasteiger partial charge is 0.485 e. The first-order chi connectivity index (χ1) is 9.26. The molecule has 0 spiro atoms. The van der Waals surface area contributed by atoms with Crippen molar-refractivity contribution in [2.75, 3.05) is 6.26 Å². The highest BCUT2D eigenvalue weighted by molar-refractivity contribution is 7.98. The third-order valence-corrected chi connectivity index (χ3v) is 3.67. The minimum atomic E-state index is -0.0783. The van der Waals surface area contributed by atoms with Gasteiger partial charge < -0.3 is 4.74 Å². The number of thioether (sulfide) groups is 1. The van der Waals surface area contributed by atoms with E-state index in [4.69, 9.17) is 4.74 Å². The van der Waals surface area contributed by atoms with Crippen LogP contribution in [0, 0.1) is 11.3 Å². The highest BCUT2D eigenvalue weighted by atomic mass is 32.2. The van der Waals surface area contributed by atoms with Crippen LogP contribution in [0.3, 0.4) is 0 Å². The molecule has 0 N–H and O–H groups in total. The number of rotatable bonds is 4. The van der Waals surface area contributed by atoms with Crippen LogP contribution in [-0.2, 0) is 0 Å². The van der Waals surface area contributed by atoms with Crippen LogP contribution in [0.2, 0.25) is 0 Å². The summed E-state index contributed by atoms with van der Waals surface area (Å²) < 4.78 is 5.93. The van der Waals surface area contributed by atoms with Crippen LogP contribution in [0.4, 0.5) is 0 Å². The van der Waals surface area contributed by atoms with E-state index < -0.39 is 0 Å². The molecule has 96 valence electrons. The molecule has 2 aromatic rings. The average molecular weight is 269 g/mol. The van der Waals surface area contributed by atoms with Crippen LogP contribution in [0.1, 0.15) is 24.2 Å². The Morgan fingerprint density at radius 2 is 1.84 bits per heavy atom. The van der Waals surface area contributed by atoms with Crippen molar-refractivity contribution >= 4 is 11.8 Å². The molecule has 0 heterocycles. The number of ether oxygens (including phenoxy) is 1. The van der Waals surface area contributed by atoms with Crippen molar-refractivity contribution in [1.82, 2.24) is 0 Å². The molecule has 0 aromatic heterocycles. The zero-order chi connectivity index (χ0) is 13.7. The molecule has 1 atom stereocenters.